The highest BCUT2D eigenvalue weighted by atomic mass is 35.5. The summed E-state index contributed by atoms with van der Waals surface area (Å²) in [6, 6.07) is 2.02. The van der Waals surface area contributed by atoms with Gasteiger partial charge in [0.15, 0.2) is 18.8 Å². The number of carbonyl (C=O) groups is 4. The van der Waals surface area contributed by atoms with Crippen LogP contribution in [0.2, 0.25) is 5.02 Å². The van der Waals surface area contributed by atoms with Crippen LogP contribution in [0, 0.1) is 5.82 Å². The van der Waals surface area contributed by atoms with E-state index in [0.29, 0.717) is 24.0 Å². The van der Waals surface area contributed by atoms with Crippen LogP contribution >= 0.6 is 11.6 Å². The van der Waals surface area contributed by atoms with Crippen LogP contribution in [0.15, 0.2) is 23.3 Å². The molecule has 0 spiro atoms. The van der Waals surface area contributed by atoms with Crippen molar-refractivity contribution in [2.45, 2.75) is 44.8 Å². The van der Waals surface area contributed by atoms with Gasteiger partial charge in [0.1, 0.15) is 11.6 Å². The van der Waals surface area contributed by atoms with E-state index in [1.54, 1.807) is 0 Å². The molecule has 2 heterocycles. The first-order valence-electron chi connectivity index (χ1n) is 10.4. The fourth-order valence-corrected chi connectivity index (χ4v) is 4.25. The van der Waals surface area contributed by atoms with Crippen molar-refractivity contribution in [2.75, 3.05) is 24.7 Å². The summed E-state index contributed by atoms with van der Waals surface area (Å²) >= 11 is 6.04. The number of amides is 2. The lowest BCUT2D eigenvalue weighted by Gasteiger charge is -2.19. The Bertz CT molecular complexity index is 1030. The first-order chi connectivity index (χ1) is 15.8. The van der Waals surface area contributed by atoms with Crippen LogP contribution in [-0.4, -0.2) is 55.8 Å². The minimum atomic E-state index is -0.871. The maximum atomic E-state index is 14.7. The summed E-state index contributed by atoms with van der Waals surface area (Å²) in [6.45, 7) is 0.796. The molecule has 2 amide bonds. The van der Waals surface area contributed by atoms with Crippen molar-refractivity contribution in [2.24, 2.45) is 0 Å². The third kappa shape index (κ3) is 4.72. The average molecular weight is 482 g/mol. The SMILES string of the molecule is CC(=O)OC1COCC1OC(=O)COc1cc(N2C(=O)C3=C(CCCC3)C2=O)c(F)cc1Cl. The van der Waals surface area contributed by atoms with Gasteiger partial charge in [0, 0.05) is 24.1 Å². The molecule has 2 atom stereocenters. The Balaban J connectivity index is 1.45. The molecule has 1 aromatic rings. The normalized spacial score (nSPS) is 22.5. The maximum absolute atomic E-state index is 14.7. The number of carbonyl (C=O) groups excluding carboxylic acids is 4. The van der Waals surface area contributed by atoms with Gasteiger partial charge in [-0.3, -0.25) is 14.4 Å². The zero-order chi connectivity index (χ0) is 23.7. The summed E-state index contributed by atoms with van der Waals surface area (Å²) in [5.41, 5.74) is 0.520. The smallest absolute Gasteiger partial charge is 0.344 e. The lowest BCUT2D eigenvalue weighted by atomic mass is 9.93. The number of esters is 2. The molecule has 0 aromatic heterocycles. The molecule has 0 radical (unpaired) electrons. The van der Waals surface area contributed by atoms with Gasteiger partial charge in [-0.1, -0.05) is 11.6 Å². The topological polar surface area (TPSA) is 108 Å². The Morgan fingerprint density at radius 3 is 2.30 bits per heavy atom. The van der Waals surface area contributed by atoms with Crippen LogP contribution in [0.25, 0.3) is 0 Å². The number of imide groups is 1. The Morgan fingerprint density at radius 1 is 1.09 bits per heavy atom. The van der Waals surface area contributed by atoms with E-state index in [9.17, 15) is 23.6 Å². The number of benzene rings is 1. The van der Waals surface area contributed by atoms with E-state index >= 15 is 0 Å². The Hall–Kier alpha value is -2.98. The van der Waals surface area contributed by atoms with Gasteiger partial charge >= 0.3 is 11.9 Å². The van der Waals surface area contributed by atoms with Crippen LogP contribution < -0.4 is 9.64 Å². The Labute approximate surface area is 193 Å². The number of hydrogen-bond donors (Lipinski definition) is 0. The summed E-state index contributed by atoms with van der Waals surface area (Å²) < 4.78 is 35.5. The highest BCUT2D eigenvalue weighted by Crippen LogP contribution is 2.39. The molecule has 2 aliphatic heterocycles. The van der Waals surface area contributed by atoms with Crippen LogP contribution in [0.3, 0.4) is 0 Å². The average Bonchev–Trinajstić information content (AvgIpc) is 3.29. The van der Waals surface area contributed by atoms with Gasteiger partial charge in [-0.05, 0) is 31.7 Å². The van der Waals surface area contributed by atoms with Gasteiger partial charge in [-0.25, -0.2) is 14.1 Å². The van der Waals surface area contributed by atoms with Crippen molar-refractivity contribution in [3.05, 3.63) is 34.1 Å². The molecule has 11 heteroatoms. The molecule has 1 saturated heterocycles. The number of ether oxygens (including phenoxy) is 4. The summed E-state index contributed by atoms with van der Waals surface area (Å²) in [6.07, 6.45) is 1.00. The molecule has 176 valence electrons. The predicted octanol–water partition coefficient (Wildman–Crippen LogP) is 2.48. The van der Waals surface area contributed by atoms with Crippen LogP contribution in [0.5, 0.6) is 5.75 Å². The molecule has 1 aromatic carbocycles. The molecule has 33 heavy (non-hydrogen) atoms. The summed E-state index contributed by atoms with van der Waals surface area (Å²) in [5.74, 6) is -3.41. The lowest BCUT2D eigenvalue weighted by Crippen LogP contribution is -2.34. The minimum absolute atomic E-state index is 0.0575. The van der Waals surface area contributed by atoms with E-state index < -0.39 is 48.4 Å². The Morgan fingerprint density at radius 2 is 1.70 bits per heavy atom. The third-order valence-corrected chi connectivity index (χ3v) is 5.85. The van der Waals surface area contributed by atoms with E-state index in [0.717, 1.165) is 29.9 Å². The lowest BCUT2D eigenvalue weighted by molar-refractivity contribution is -0.163. The fraction of sp³-hybridized carbons (Fsp3) is 0.455. The number of anilines is 1. The highest BCUT2D eigenvalue weighted by molar-refractivity contribution is 6.34. The van der Waals surface area contributed by atoms with Crippen LogP contribution in [0.1, 0.15) is 32.6 Å². The van der Waals surface area contributed by atoms with E-state index in [4.69, 9.17) is 30.5 Å². The molecule has 0 saturated carbocycles. The molecular weight excluding hydrogens is 461 g/mol. The molecule has 1 aliphatic carbocycles. The van der Waals surface area contributed by atoms with Crippen LogP contribution in [-0.2, 0) is 33.4 Å². The van der Waals surface area contributed by atoms with Gasteiger partial charge in [-0.15, -0.1) is 0 Å². The van der Waals surface area contributed by atoms with Crippen molar-refractivity contribution in [1.82, 2.24) is 0 Å². The summed E-state index contributed by atoms with van der Waals surface area (Å²) in [4.78, 5) is 49.6. The monoisotopic (exact) mass is 481 g/mol. The molecule has 4 rings (SSSR count). The maximum Gasteiger partial charge on any atom is 0.344 e. The van der Waals surface area contributed by atoms with E-state index in [1.807, 2.05) is 0 Å². The second-order valence-electron chi connectivity index (χ2n) is 7.85. The van der Waals surface area contributed by atoms with Crippen molar-refractivity contribution in [1.29, 1.82) is 0 Å². The second-order valence-corrected chi connectivity index (χ2v) is 8.25. The molecular formula is C22H21ClFNO8. The molecule has 0 bridgehead atoms. The second kappa shape index (κ2) is 9.48. The van der Waals surface area contributed by atoms with Crippen molar-refractivity contribution < 1.29 is 42.5 Å². The molecule has 2 unspecified atom stereocenters. The highest BCUT2D eigenvalue weighted by Gasteiger charge is 2.41. The van der Waals surface area contributed by atoms with Crippen LogP contribution in [0.4, 0.5) is 10.1 Å². The van der Waals surface area contributed by atoms with E-state index in [-0.39, 0.29) is 29.7 Å². The Kier molecular flexibility index (Phi) is 6.66. The molecule has 3 aliphatic rings. The number of nitrogens with zero attached hydrogens (tertiary/aromatic N) is 1. The fourth-order valence-electron chi connectivity index (χ4n) is 4.05. The van der Waals surface area contributed by atoms with E-state index in [2.05, 4.69) is 0 Å². The first kappa shape index (κ1) is 23.2. The summed E-state index contributed by atoms with van der Waals surface area (Å²) in [5, 5.41) is -0.150. The molecule has 9 nitrogen and oxygen atoms in total. The van der Waals surface area contributed by atoms with Crippen molar-refractivity contribution >= 4 is 41.0 Å². The third-order valence-electron chi connectivity index (χ3n) is 5.56. The van der Waals surface area contributed by atoms with Gasteiger partial charge in [-0.2, -0.15) is 0 Å². The summed E-state index contributed by atoms with van der Waals surface area (Å²) in [7, 11) is 0. The van der Waals surface area contributed by atoms with Gasteiger partial charge in [0.25, 0.3) is 11.8 Å². The molecule has 0 N–H and O–H groups in total. The first-order valence-corrected chi connectivity index (χ1v) is 10.8. The standard InChI is InChI=1S/C22H21ClFNO8/c1-11(26)32-18-8-30-9-19(18)33-20(27)10-31-17-7-16(15(24)6-14(17)23)25-21(28)12-4-2-3-5-13(12)22(25)29/h6-7,18-19H,2-5,8-10H2,1H3. The number of rotatable bonds is 6. The van der Waals surface area contributed by atoms with Gasteiger partial charge in [0.2, 0.25) is 0 Å². The quantitative estimate of drug-likeness (QED) is 0.450. The molecule has 1 fully saturated rings. The van der Waals surface area contributed by atoms with Crippen molar-refractivity contribution in [3.63, 3.8) is 0 Å². The largest absolute Gasteiger partial charge is 0.480 e. The number of halogens is 2. The minimum Gasteiger partial charge on any atom is -0.480 e. The van der Waals surface area contributed by atoms with Gasteiger partial charge < -0.3 is 18.9 Å². The van der Waals surface area contributed by atoms with E-state index in [1.165, 1.54) is 6.92 Å². The van der Waals surface area contributed by atoms with Gasteiger partial charge in [0.05, 0.1) is 23.9 Å². The zero-order valence-corrected chi connectivity index (χ0v) is 18.5. The zero-order valence-electron chi connectivity index (χ0n) is 17.7. The number of hydrogen-bond acceptors (Lipinski definition) is 8. The predicted molar refractivity (Wildman–Crippen MR) is 111 cm³/mol. The van der Waals surface area contributed by atoms with Crippen molar-refractivity contribution in [3.8, 4) is 5.75 Å².